The molecule has 3 aromatic carbocycles. The number of alkyl halides is 3. The summed E-state index contributed by atoms with van der Waals surface area (Å²) in [6.07, 6.45) is 6.29. The number of carbonyl (C=O) groups is 2. The maximum atomic E-state index is 15.2. The number of benzene rings is 3. The lowest BCUT2D eigenvalue weighted by atomic mass is 9.52. The first kappa shape index (κ1) is 31.6. The van der Waals surface area contributed by atoms with Gasteiger partial charge in [-0.2, -0.15) is 13.2 Å². The maximum Gasteiger partial charge on any atom is 0.416 e. The van der Waals surface area contributed by atoms with Gasteiger partial charge < -0.3 is 10.2 Å². The molecule has 48 heavy (non-hydrogen) atoms. The predicted octanol–water partition coefficient (Wildman–Crippen LogP) is 8.32. The van der Waals surface area contributed by atoms with Gasteiger partial charge in [0, 0.05) is 12.1 Å². The van der Waals surface area contributed by atoms with E-state index in [2.05, 4.69) is 29.6 Å². The van der Waals surface area contributed by atoms with Crippen molar-refractivity contribution in [3.8, 4) is 0 Å². The van der Waals surface area contributed by atoms with Crippen molar-refractivity contribution < 1.29 is 22.8 Å². The zero-order valence-corrected chi connectivity index (χ0v) is 27.5. The summed E-state index contributed by atoms with van der Waals surface area (Å²) in [6.45, 7) is 0.0894. The summed E-state index contributed by atoms with van der Waals surface area (Å²) in [6, 6.07) is 23.3. The van der Waals surface area contributed by atoms with Gasteiger partial charge in [0.05, 0.1) is 12.0 Å². The minimum Gasteiger partial charge on any atom is -0.349 e. The molecular weight excluding hydrogens is 609 g/mol. The van der Waals surface area contributed by atoms with Crippen LogP contribution in [0.25, 0.3) is 0 Å². The molecule has 5 saturated carbocycles. The van der Waals surface area contributed by atoms with E-state index in [0.29, 0.717) is 42.1 Å². The molecule has 7 heteroatoms. The van der Waals surface area contributed by atoms with E-state index in [4.69, 9.17) is 0 Å². The molecule has 0 saturated heterocycles. The van der Waals surface area contributed by atoms with Crippen molar-refractivity contribution in [1.29, 1.82) is 0 Å². The van der Waals surface area contributed by atoms with Crippen LogP contribution in [-0.4, -0.2) is 27.8 Å². The van der Waals surface area contributed by atoms with Crippen LogP contribution < -0.4 is 5.32 Å². The van der Waals surface area contributed by atoms with Crippen LogP contribution in [0.2, 0.25) is 0 Å². The third-order valence-electron chi connectivity index (χ3n) is 12.8. The van der Waals surface area contributed by atoms with Crippen molar-refractivity contribution in [1.82, 2.24) is 10.2 Å². The van der Waals surface area contributed by atoms with Crippen LogP contribution in [0.3, 0.4) is 0 Å². The third kappa shape index (κ3) is 5.96. The van der Waals surface area contributed by atoms with E-state index in [1.54, 1.807) is 4.90 Å². The molecule has 1 N–H and O–H groups in total. The van der Waals surface area contributed by atoms with E-state index in [0.717, 1.165) is 56.2 Å². The number of hydrogen-bond acceptors (Lipinski definition) is 2. The highest BCUT2D eigenvalue weighted by Gasteiger charge is 2.57. The molecule has 3 aromatic rings. The van der Waals surface area contributed by atoms with Crippen molar-refractivity contribution in [2.75, 3.05) is 0 Å². The molecule has 0 spiro atoms. The summed E-state index contributed by atoms with van der Waals surface area (Å²) < 4.78 is 40.5. The number of carbonyl (C=O) groups excluding carboxylic acids is 2. The Bertz CT molecular complexity index is 1630. The van der Waals surface area contributed by atoms with Crippen molar-refractivity contribution in [3.63, 3.8) is 0 Å². The lowest BCUT2D eigenvalue weighted by molar-refractivity contribution is -0.157. The van der Waals surface area contributed by atoms with Gasteiger partial charge in [-0.05, 0) is 135 Å². The topological polar surface area (TPSA) is 49.4 Å². The number of fused-ring (bicyclic) bond motifs is 2. The second-order valence-electron chi connectivity index (χ2n) is 16.0. The zero-order chi connectivity index (χ0) is 33.1. The van der Waals surface area contributed by atoms with Gasteiger partial charge in [-0.15, -0.1) is 0 Å². The van der Waals surface area contributed by atoms with Gasteiger partial charge in [-0.1, -0.05) is 66.7 Å². The molecule has 6 aliphatic carbocycles. The highest BCUT2D eigenvalue weighted by atomic mass is 19.4. The summed E-state index contributed by atoms with van der Waals surface area (Å²) in [7, 11) is 0. The Balaban J connectivity index is 1.18. The number of halogens is 3. The fraction of sp³-hybridized carbons (Fsp3) is 0.512. The van der Waals surface area contributed by atoms with Gasteiger partial charge in [0.15, 0.2) is 0 Å². The summed E-state index contributed by atoms with van der Waals surface area (Å²) in [5.74, 6) is 2.42. The van der Waals surface area contributed by atoms with E-state index >= 15 is 4.79 Å². The molecule has 9 rings (SSSR count). The Morgan fingerprint density at radius 3 is 1.92 bits per heavy atom. The molecule has 3 atom stereocenters. The smallest absolute Gasteiger partial charge is 0.349 e. The first-order valence-corrected chi connectivity index (χ1v) is 18.0. The Morgan fingerprint density at radius 2 is 1.31 bits per heavy atom. The molecule has 0 heterocycles. The SMILES string of the molecule is O=C(Cc1ccccc1)N(Cc1ccc(C(F)(F)F)cc1)C1(C(=O)NC23CC4CC(CC(C4)C2)C3)CC[C@@H]2Cc3ccccc3C[C@H]2C1. The molecule has 0 radical (unpaired) electrons. The molecule has 0 aliphatic heterocycles. The maximum absolute atomic E-state index is 15.2. The monoisotopic (exact) mass is 654 g/mol. The lowest BCUT2D eigenvalue weighted by Gasteiger charge is -2.58. The van der Waals surface area contributed by atoms with Crippen LogP contribution >= 0.6 is 0 Å². The minimum atomic E-state index is -4.45. The standard InChI is InChI=1S/C41H45F3N2O2/c42-41(43,44)36-12-10-28(11-13-36)26-46(37(47)19-27-6-2-1-3-7-27)40(15-14-34-20-32-8-4-5-9-33(32)21-35(34)25-40)38(48)45-39-22-29-16-30(23-39)18-31(17-29)24-39/h1-13,29-31,34-35H,14-26H2,(H,45,48)/t29?,30?,31?,34-,35+,39?,40?/m1/s1. The Morgan fingerprint density at radius 1 is 0.729 bits per heavy atom. The average Bonchev–Trinajstić information content (AvgIpc) is 3.05. The number of rotatable bonds is 7. The van der Waals surface area contributed by atoms with Gasteiger partial charge >= 0.3 is 6.18 Å². The minimum absolute atomic E-state index is 0.0462. The number of hydrogen-bond donors (Lipinski definition) is 1. The normalized spacial score (nSPS) is 31.9. The molecule has 0 aromatic heterocycles. The van der Waals surface area contributed by atoms with Crippen molar-refractivity contribution in [2.24, 2.45) is 29.6 Å². The highest BCUT2D eigenvalue weighted by molar-refractivity contribution is 5.93. The van der Waals surface area contributed by atoms with Crippen LogP contribution in [0.5, 0.6) is 0 Å². The van der Waals surface area contributed by atoms with Gasteiger partial charge in [-0.3, -0.25) is 9.59 Å². The summed E-state index contributed by atoms with van der Waals surface area (Å²) >= 11 is 0. The van der Waals surface area contributed by atoms with E-state index in [-0.39, 0.29) is 36.2 Å². The fourth-order valence-electron chi connectivity index (χ4n) is 10.9. The predicted molar refractivity (Wildman–Crippen MR) is 179 cm³/mol. The Labute approximate surface area is 281 Å². The molecule has 5 fully saturated rings. The third-order valence-corrected chi connectivity index (χ3v) is 12.8. The molecule has 6 aliphatic rings. The van der Waals surface area contributed by atoms with Crippen LogP contribution in [0.15, 0.2) is 78.9 Å². The van der Waals surface area contributed by atoms with Gasteiger partial charge in [0.25, 0.3) is 0 Å². The van der Waals surface area contributed by atoms with Crippen LogP contribution in [0, 0.1) is 29.6 Å². The van der Waals surface area contributed by atoms with Crippen LogP contribution in [0.1, 0.15) is 85.6 Å². The number of amides is 2. The van der Waals surface area contributed by atoms with E-state index in [9.17, 15) is 18.0 Å². The quantitative estimate of drug-likeness (QED) is 0.279. The van der Waals surface area contributed by atoms with Gasteiger partial charge in [0.2, 0.25) is 11.8 Å². The second kappa shape index (κ2) is 12.1. The first-order chi connectivity index (χ1) is 23.1. The zero-order valence-electron chi connectivity index (χ0n) is 27.5. The second-order valence-corrected chi connectivity index (χ2v) is 16.0. The fourth-order valence-corrected chi connectivity index (χ4v) is 10.9. The molecule has 1 unspecified atom stereocenters. The molecule has 4 nitrogen and oxygen atoms in total. The molecular formula is C41H45F3N2O2. The number of nitrogens with zero attached hydrogens (tertiary/aromatic N) is 1. The summed E-state index contributed by atoms with van der Waals surface area (Å²) in [5.41, 5.74) is 2.12. The van der Waals surface area contributed by atoms with E-state index in [1.165, 1.54) is 42.5 Å². The van der Waals surface area contributed by atoms with Gasteiger partial charge in [-0.25, -0.2) is 0 Å². The molecule has 252 valence electrons. The summed E-state index contributed by atoms with van der Waals surface area (Å²) in [4.78, 5) is 31.7. The van der Waals surface area contributed by atoms with Crippen molar-refractivity contribution >= 4 is 11.8 Å². The lowest BCUT2D eigenvalue weighted by Crippen LogP contribution is -2.69. The average molecular weight is 655 g/mol. The van der Waals surface area contributed by atoms with Crippen LogP contribution in [-0.2, 0) is 41.6 Å². The van der Waals surface area contributed by atoms with E-state index < -0.39 is 17.3 Å². The van der Waals surface area contributed by atoms with Crippen LogP contribution in [0.4, 0.5) is 13.2 Å². The Kier molecular flexibility index (Phi) is 7.95. The molecule has 2 amide bonds. The van der Waals surface area contributed by atoms with Crippen molar-refractivity contribution in [3.05, 3.63) is 107 Å². The largest absolute Gasteiger partial charge is 0.416 e. The first-order valence-electron chi connectivity index (χ1n) is 18.0. The summed E-state index contributed by atoms with van der Waals surface area (Å²) in [5, 5.41) is 3.68. The Hall–Kier alpha value is -3.61. The highest BCUT2D eigenvalue weighted by Crippen LogP contribution is 2.56. The molecule has 4 bridgehead atoms. The number of nitrogens with one attached hydrogen (secondary N) is 1. The van der Waals surface area contributed by atoms with E-state index in [1.807, 2.05) is 30.3 Å². The van der Waals surface area contributed by atoms with Crippen molar-refractivity contribution in [2.45, 2.75) is 101 Å². The van der Waals surface area contributed by atoms with Gasteiger partial charge in [0.1, 0.15) is 5.54 Å².